The number of halogens is 1. The third-order valence-corrected chi connectivity index (χ3v) is 4.77. The lowest BCUT2D eigenvalue weighted by atomic mass is 9.93. The van der Waals surface area contributed by atoms with Crippen molar-refractivity contribution in [1.82, 2.24) is 4.90 Å². The fraction of sp³-hybridized carbons (Fsp3) is 0.429. The van der Waals surface area contributed by atoms with Crippen LogP contribution in [0.4, 0.5) is 10.5 Å². The van der Waals surface area contributed by atoms with Crippen LogP contribution in [0, 0.1) is 3.57 Å². The van der Waals surface area contributed by atoms with Gasteiger partial charge in [-0.1, -0.05) is 19.1 Å². The Morgan fingerprint density at radius 2 is 2.15 bits per heavy atom. The summed E-state index contributed by atoms with van der Waals surface area (Å²) in [7, 11) is 0. The molecule has 0 aliphatic carbocycles. The topological polar surface area (TPSA) is 69.6 Å². The van der Waals surface area contributed by atoms with E-state index in [1.54, 1.807) is 0 Å². The van der Waals surface area contributed by atoms with Crippen molar-refractivity contribution < 1.29 is 14.7 Å². The van der Waals surface area contributed by atoms with Gasteiger partial charge in [0.25, 0.3) is 0 Å². The normalized spacial score (nSPS) is 21.8. The number of carboxylic acid groups (broad SMARTS) is 1. The summed E-state index contributed by atoms with van der Waals surface area (Å²) < 4.78 is 0.926. The van der Waals surface area contributed by atoms with E-state index in [1.807, 2.05) is 31.2 Å². The third-order valence-electron chi connectivity index (χ3n) is 3.83. The van der Waals surface area contributed by atoms with Crippen molar-refractivity contribution in [3.05, 3.63) is 27.8 Å². The van der Waals surface area contributed by atoms with Crippen LogP contribution in [0.25, 0.3) is 0 Å². The molecule has 2 amide bonds. The predicted octanol–water partition coefficient (Wildman–Crippen LogP) is 3.15. The Kier molecular flexibility index (Phi) is 4.52. The van der Waals surface area contributed by atoms with Crippen LogP contribution in [0.15, 0.2) is 24.3 Å². The van der Waals surface area contributed by atoms with Crippen LogP contribution in [0.1, 0.15) is 26.2 Å². The summed E-state index contributed by atoms with van der Waals surface area (Å²) in [5.41, 5.74) is -0.356. The first-order chi connectivity index (χ1) is 9.51. The summed E-state index contributed by atoms with van der Waals surface area (Å²) in [6.45, 7) is 2.29. The van der Waals surface area contributed by atoms with Gasteiger partial charge >= 0.3 is 12.0 Å². The highest BCUT2D eigenvalue weighted by Crippen LogP contribution is 2.33. The number of anilines is 1. The molecular weight excluding hydrogens is 371 g/mol. The lowest BCUT2D eigenvalue weighted by Gasteiger charge is -2.33. The first-order valence-corrected chi connectivity index (χ1v) is 7.65. The van der Waals surface area contributed by atoms with E-state index >= 15 is 0 Å². The number of aliphatic carboxylic acids is 1. The van der Waals surface area contributed by atoms with Crippen LogP contribution in [-0.4, -0.2) is 34.1 Å². The maximum Gasteiger partial charge on any atom is 0.329 e. The van der Waals surface area contributed by atoms with E-state index in [1.165, 1.54) is 4.90 Å². The Hall–Kier alpha value is -1.31. The molecule has 1 aromatic rings. The van der Waals surface area contributed by atoms with Crippen LogP contribution >= 0.6 is 22.6 Å². The van der Waals surface area contributed by atoms with Gasteiger partial charge in [-0.25, -0.2) is 9.59 Å². The summed E-state index contributed by atoms with van der Waals surface area (Å²) in [6.07, 6.45) is 1.65. The molecule has 0 aromatic heterocycles. The van der Waals surface area contributed by atoms with Gasteiger partial charge < -0.3 is 15.3 Å². The predicted molar refractivity (Wildman–Crippen MR) is 84.8 cm³/mol. The summed E-state index contributed by atoms with van der Waals surface area (Å²) in [6, 6.07) is 7.09. The molecule has 6 heteroatoms. The number of urea groups is 1. The summed E-state index contributed by atoms with van der Waals surface area (Å²) >= 11 is 2.14. The number of hydrogen-bond acceptors (Lipinski definition) is 2. The fourth-order valence-corrected chi connectivity index (χ4v) is 3.18. The van der Waals surface area contributed by atoms with Crippen LogP contribution < -0.4 is 5.32 Å². The maximum absolute atomic E-state index is 12.4. The number of carboxylic acids is 1. The molecule has 1 aliphatic rings. The molecule has 1 saturated heterocycles. The van der Waals surface area contributed by atoms with Crippen molar-refractivity contribution in [3.63, 3.8) is 0 Å². The van der Waals surface area contributed by atoms with E-state index in [-0.39, 0.29) is 6.03 Å². The molecule has 0 radical (unpaired) electrons. The molecule has 2 N–H and O–H groups in total. The highest BCUT2D eigenvalue weighted by atomic mass is 127. The molecule has 2 rings (SSSR count). The average Bonchev–Trinajstić information content (AvgIpc) is 2.86. The standard InChI is InChI=1S/C14H17IN2O3/c1-2-14(12(18)19)8-5-9-17(14)13(20)16-11-7-4-3-6-10(11)15/h3-4,6-7H,2,5,8-9H2,1H3,(H,16,20)(H,18,19). The van der Waals surface area contributed by atoms with Gasteiger partial charge in [-0.15, -0.1) is 0 Å². The van der Waals surface area contributed by atoms with Gasteiger partial charge in [-0.3, -0.25) is 0 Å². The summed E-state index contributed by atoms with van der Waals surface area (Å²) in [4.78, 5) is 25.4. The highest BCUT2D eigenvalue weighted by Gasteiger charge is 2.48. The largest absolute Gasteiger partial charge is 0.479 e. The van der Waals surface area contributed by atoms with E-state index in [2.05, 4.69) is 27.9 Å². The zero-order chi connectivity index (χ0) is 14.8. The number of hydrogen-bond donors (Lipinski definition) is 2. The molecule has 0 spiro atoms. The van der Waals surface area contributed by atoms with E-state index in [0.29, 0.717) is 25.1 Å². The zero-order valence-electron chi connectivity index (χ0n) is 11.2. The number of carbonyl (C=O) groups is 2. The molecule has 1 aliphatic heterocycles. The van der Waals surface area contributed by atoms with Crippen molar-refractivity contribution in [1.29, 1.82) is 0 Å². The second-order valence-corrected chi connectivity index (χ2v) is 6.02. The van der Waals surface area contributed by atoms with Crippen LogP contribution in [0.5, 0.6) is 0 Å². The zero-order valence-corrected chi connectivity index (χ0v) is 13.4. The Morgan fingerprint density at radius 3 is 2.75 bits per heavy atom. The first-order valence-electron chi connectivity index (χ1n) is 6.58. The van der Waals surface area contributed by atoms with Crippen LogP contribution in [0.3, 0.4) is 0 Å². The number of nitrogens with zero attached hydrogens (tertiary/aromatic N) is 1. The van der Waals surface area contributed by atoms with Gasteiger partial charge in [0.2, 0.25) is 0 Å². The lowest BCUT2D eigenvalue weighted by molar-refractivity contribution is -0.148. The first kappa shape index (κ1) is 15.1. The minimum Gasteiger partial charge on any atom is -0.479 e. The van der Waals surface area contributed by atoms with Crippen molar-refractivity contribution in [2.24, 2.45) is 0 Å². The number of benzene rings is 1. The van der Waals surface area contributed by atoms with Crippen molar-refractivity contribution in [2.75, 3.05) is 11.9 Å². The number of para-hydroxylation sites is 1. The highest BCUT2D eigenvalue weighted by molar-refractivity contribution is 14.1. The van der Waals surface area contributed by atoms with Crippen LogP contribution in [0.2, 0.25) is 0 Å². The van der Waals surface area contributed by atoms with Crippen molar-refractivity contribution in [2.45, 2.75) is 31.7 Å². The molecule has 0 saturated carbocycles. The number of nitrogens with one attached hydrogen (secondary N) is 1. The van der Waals surface area contributed by atoms with Crippen LogP contribution in [-0.2, 0) is 4.79 Å². The molecule has 0 bridgehead atoms. The third kappa shape index (κ3) is 2.61. The van der Waals surface area contributed by atoms with Gasteiger partial charge in [0.05, 0.1) is 5.69 Å². The monoisotopic (exact) mass is 388 g/mol. The number of amides is 2. The van der Waals surface area contributed by atoms with Crippen molar-refractivity contribution >= 4 is 40.3 Å². The van der Waals surface area contributed by atoms with Gasteiger partial charge in [-0.2, -0.15) is 0 Å². The Morgan fingerprint density at radius 1 is 1.45 bits per heavy atom. The molecule has 20 heavy (non-hydrogen) atoms. The average molecular weight is 388 g/mol. The molecule has 108 valence electrons. The Bertz CT molecular complexity index is 535. The van der Waals surface area contributed by atoms with E-state index in [9.17, 15) is 14.7 Å². The quantitative estimate of drug-likeness (QED) is 0.782. The van der Waals surface area contributed by atoms with Gasteiger partial charge in [0.15, 0.2) is 0 Å². The maximum atomic E-state index is 12.4. The molecule has 1 atom stereocenters. The second kappa shape index (κ2) is 5.99. The second-order valence-electron chi connectivity index (χ2n) is 4.86. The Balaban J connectivity index is 2.21. The number of rotatable bonds is 3. The number of carbonyl (C=O) groups excluding carboxylic acids is 1. The molecule has 1 heterocycles. The molecule has 1 unspecified atom stereocenters. The summed E-state index contributed by atoms with van der Waals surface area (Å²) in [5.74, 6) is -0.921. The lowest BCUT2D eigenvalue weighted by Crippen LogP contribution is -2.54. The SMILES string of the molecule is CCC1(C(=O)O)CCCN1C(=O)Nc1ccccc1I. The van der Waals surface area contributed by atoms with Gasteiger partial charge in [0.1, 0.15) is 5.54 Å². The Labute approximate surface area is 131 Å². The van der Waals surface area contributed by atoms with Gasteiger partial charge in [-0.05, 0) is 54.0 Å². The number of likely N-dealkylation sites (tertiary alicyclic amines) is 1. The minimum absolute atomic E-state index is 0.337. The van der Waals surface area contributed by atoms with Crippen molar-refractivity contribution in [3.8, 4) is 0 Å². The summed E-state index contributed by atoms with van der Waals surface area (Å²) in [5, 5.41) is 12.3. The minimum atomic E-state index is -1.07. The fourth-order valence-electron chi connectivity index (χ4n) is 2.66. The van der Waals surface area contributed by atoms with E-state index in [0.717, 1.165) is 9.99 Å². The molecule has 1 fully saturated rings. The van der Waals surface area contributed by atoms with E-state index < -0.39 is 11.5 Å². The smallest absolute Gasteiger partial charge is 0.329 e. The molecular formula is C14H17IN2O3. The molecule has 1 aromatic carbocycles. The van der Waals surface area contributed by atoms with Gasteiger partial charge in [0, 0.05) is 10.1 Å². The van der Waals surface area contributed by atoms with E-state index in [4.69, 9.17) is 0 Å². The molecule has 5 nitrogen and oxygen atoms in total.